The van der Waals surface area contributed by atoms with Crippen LogP contribution in [-0.2, 0) is 4.79 Å². The molecule has 0 spiro atoms. The lowest BCUT2D eigenvalue weighted by atomic mass is 9.80. The molecule has 3 heteroatoms. The molecule has 3 nitrogen and oxygen atoms in total. The summed E-state index contributed by atoms with van der Waals surface area (Å²) in [6.07, 6.45) is 5.68. The Morgan fingerprint density at radius 3 is 2.50 bits per heavy atom. The fraction of sp³-hybridized carbons (Fsp3) is 0.941. The third-order valence-corrected chi connectivity index (χ3v) is 5.12. The molecule has 2 aliphatic rings. The molecule has 20 heavy (non-hydrogen) atoms. The van der Waals surface area contributed by atoms with E-state index in [0.29, 0.717) is 30.2 Å². The van der Waals surface area contributed by atoms with Crippen LogP contribution in [-0.4, -0.2) is 36.5 Å². The van der Waals surface area contributed by atoms with Gasteiger partial charge in [-0.25, -0.2) is 0 Å². The SMILES string of the molecule is CC(CC(=O)N(CC1CCCNC1)C1CC1)C(C)(C)C. The van der Waals surface area contributed by atoms with Gasteiger partial charge in [-0.2, -0.15) is 0 Å². The number of nitrogens with one attached hydrogen (secondary N) is 1. The molecule has 0 radical (unpaired) electrons. The van der Waals surface area contributed by atoms with Crippen LogP contribution in [0.3, 0.4) is 0 Å². The van der Waals surface area contributed by atoms with Crippen molar-refractivity contribution in [2.75, 3.05) is 19.6 Å². The van der Waals surface area contributed by atoms with Crippen LogP contribution in [0.25, 0.3) is 0 Å². The Morgan fingerprint density at radius 2 is 2.00 bits per heavy atom. The van der Waals surface area contributed by atoms with Gasteiger partial charge in [-0.15, -0.1) is 0 Å². The summed E-state index contributed by atoms with van der Waals surface area (Å²) in [5.41, 5.74) is 0.220. The number of amides is 1. The van der Waals surface area contributed by atoms with Crippen molar-refractivity contribution in [3.05, 3.63) is 0 Å². The molecule has 0 aromatic carbocycles. The van der Waals surface area contributed by atoms with Crippen LogP contribution in [0.5, 0.6) is 0 Å². The van der Waals surface area contributed by atoms with Gasteiger partial charge in [-0.05, 0) is 56.0 Å². The molecule has 1 saturated carbocycles. The Bertz CT molecular complexity index is 324. The van der Waals surface area contributed by atoms with E-state index in [1.807, 2.05) is 0 Å². The second kappa shape index (κ2) is 6.46. The van der Waals surface area contributed by atoms with Gasteiger partial charge < -0.3 is 10.2 Å². The van der Waals surface area contributed by atoms with Gasteiger partial charge in [0, 0.05) is 19.0 Å². The summed E-state index contributed by atoms with van der Waals surface area (Å²) in [7, 11) is 0. The minimum atomic E-state index is 0.220. The smallest absolute Gasteiger partial charge is 0.223 e. The molecule has 2 atom stereocenters. The second-order valence-corrected chi connectivity index (χ2v) is 7.96. The van der Waals surface area contributed by atoms with E-state index in [9.17, 15) is 4.79 Å². The maximum Gasteiger partial charge on any atom is 0.223 e. The molecule has 116 valence electrons. The van der Waals surface area contributed by atoms with E-state index in [2.05, 4.69) is 37.9 Å². The summed E-state index contributed by atoms with van der Waals surface area (Å²) in [4.78, 5) is 14.9. The molecule has 0 bridgehead atoms. The van der Waals surface area contributed by atoms with E-state index >= 15 is 0 Å². The molecule has 2 unspecified atom stereocenters. The van der Waals surface area contributed by atoms with E-state index in [0.717, 1.165) is 19.6 Å². The standard InChI is InChI=1S/C17H32N2O/c1-13(17(2,3)4)10-16(20)19(15-7-8-15)12-14-6-5-9-18-11-14/h13-15,18H,5-12H2,1-4H3. The highest BCUT2D eigenvalue weighted by atomic mass is 16.2. The van der Waals surface area contributed by atoms with Crippen molar-refractivity contribution >= 4 is 5.91 Å². The maximum absolute atomic E-state index is 12.7. The summed E-state index contributed by atoms with van der Waals surface area (Å²) in [5, 5.41) is 3.47. The number of nitrogens with zero attached hydrogens (tertiary/aromatic N) is 1. The van der Waals surface area contributed by atoms with Gasteiger partial charge in [0.1, 0.15) is 0 Å². The van der Waals surface area contributed by atoms with Gasteiger partial charge in [-0.1, -0.05) is 27.7 Å². The average Bonchev–Trinajstić information content (AvgIpc) is 3.20. The lowest BCUT2D eigenvalue weighted by Gasteiger charge is -2.33. The van der Waals surface area contributed by atoms with E-state index in [1.54, 1.807) is 0 Å². The summed E-state index contributed by atoms with van der Waals surface area (Å²) in [6.45, 7) is 12.1. The van der Waals surface area contributed by atoms with Crippen molar-refractivity contribution in [2.24, 2.45) is 17.3 Å². The Labute approximate surface area is 124 Å². The fourth-order valence-electron chi connectivity index (χ4n) is 2.88. The molecule has 0 aromatic rings. The van der Waals surface area contributed by atoms with Crippen molar-refractivity contribution in [3.63, 3.8) is 0 Å². The molecule has 1 N–H and O–H groups in total. The average molecular weight is 280 g/mol. The predicted molar refractivity (Wildman–Crippen MR) is 83.6 cm³/mol. The van der Waals surface area contributed by atoms with Crippen LogP contribution >= 0.6 is 0 Å². The first kappa shape index (κ1) is 15.8. The number of hydrogen-bond donors (Lipinski definition) is 1. The number of piperidine rings is 1. The predicted octanol–water partition coefficient (Wildman–Crippen LogP) is 3.05. The first-order valence-electron chi connectivity index (χ1n) is 8.38. The molecule has 1 saturated heterocycles. The number of hydrogen-bond acceptors (Lipinski definition) is 2. The van der Waals surface area contributed by atoms with Crippen LogP contribution < -0.4 is 5.32 Å². The van der Waals surface area contributed by atoms with Crippen molar-refractivity contribution in [1.29, 1.82) is 0 Å². The molecule has 1 aliphatic carbocycles. The quantitative estimate of drug-likeness (QED) is 0.839. The molecule has 1 heterocycles. The van der Waals surface area contributed by atoms with E-state index < -0.39 is 0 Å². The number of rotatable bonds is 5. The highest BCUT2D eigenvalue weighted by molar-refractivity contribution is 5.77. The lowest BCUT2D eigenvalue weighted by molar-refractivity contribution is -0.134. The maximum atomic E-state index is 12.7. The molecule has 1 aliphatic heterocycles. The Hall–Kier alpha value is -0.570. The molecular formula is C17H32N2O. The Morgan fingerprint density at radius 1 is 1.30 bits per heavy atom. The van der Waals surface area contributed by atoms with E-state index in [1.165, 1.54) is 25.7 Å². The highest BCUT2D eigenvalue weighted by Gasteiger charge is 2.35. The molecule has 2 fully saturated rings. The largest absolute Gasteiger partial charge is 0.339 e. The van der Waals surface area contributed by atoms with Gasteiger partial charge >= 0.3 is 0 Å². The normalized spacial score (nSPS) is 25.3. The van der Waals surface area contributed by atoms with Gasteiger partial charge in [0.15, 0.2) is 0 Å². The molecule has 2 rings (SSSR count). The fourth-order valence-corrected chi connectivity index (χ4v) is 2.88. The van der Waals surface area contributed by atoms with Gasteiger partial charge in [0.05, 0.1) is 0 Å². The van der Waals surface area contributed by atoms with Gasteiger partial charge in [-0.3, -0.25) is 4.79 Å². The summed E-state index contributed by atoms with van der Waals surface area (Å²) < 4.78 is 0. The zero-order chi connectivity index (χ0) is 14.8. The van der Waals surface area contributed by atoms with E-state index in [-0.39, 0.29) is 5.41 Å². The zero-order valence-corrected chi connectivity index (χ0v) is 13.7. The van der Waals surface area contributed by atoms with Crippen LogP contribution in [0.1, 0.15) is 59.8 Å². The highest BCUT2D eigenvalue weighted by Crippen LogP contribution is 2.33. The minimum Gasteiger partial charge on any atom is -0.339 e. The van der Waals surface area contributed by atoms with Crippen molar-refractivity contribution in [3.8, 4) is 0 Å². The van der Waals surface area contributed by atoms with Gasteiger partial charge in [0.25, 0.3) is 0 Å². The van der Waals surface area contributed by atoms with E-state index in [4.69, 9.17) is 0 Å². The number of carbonyl (C=O) groups is 1. The molecule has 0 aromatic heterocycles. The van der Waals surface area contributed by atoms with Crippen LogP contribution in [0.4, 0.5) is 0 Å². The third kappa shape index (κ3) is 4.47. The Balaban J connectivity index is 1.89. The topological polar surface area (TPSA) is 32.3 Å². The molecular weight excluding hydrogens is 248 g/mol. The third-order valence-electron chi connectivity index (χ3n) is 5.12. The minimum absolute atomic E-state index is 0.220. The van der Waals surface area contributed by atoms with Crippen LogP contribution in [0.15, 0.2) is 0 Å². The van der Waals surface area contributed by atoms with Crippen LogP contribution in [0, 0.1) is 17.3 Å². The first-order chi connectivity index (χ1) is 9.38. The summed E-state index contributed by atoms with van der Waals surface area (Å²) >= 11 is 0. The molecule has 1 amide bonds. The van der Waals surface area contributed by atoms with Crippen molar-refractivity contribution in [1.82, 2.24) is 10.2 Å². The van der Waals surface area contributed by atoms with Crippen LogP contribution in [0.2, 0.25) is 0 Å². The lowest BCUT2D eigenvalue weighted by Crippen LogP contribution is -2.43. The summed E-state index contributed by atoms with van der Waals surface area (Å²) in [5.74, 6) is 1.50. The monoisotopic (exact) mass is 280 g/mol. The first-order valence-corrected chi connectivity index (χ1v) is 8.38. The number of carbonyl (C=O) groups excluding carboxylic acids is 1. The van der Waals surface area contributed by atoms with Crippen molar-refractivity contribution in [2.45, 2.75) is 65.8 Å². The second-order valence-electron chi connectivity index (χ2n) is 7.96. The zero-order valence-electron chi connectivity index (χ0n) is 13.7. The Kier molecular flexibility index (Phi) is 5.11. The van der Waals surface area contributed by atoms with Crippen molar-refractivity contribution < 1.29 is 4.79 Å². The summed E-state index contributed by atoms with van der Waals surface area (Å²) in [6, 6.07) is 0.552. The van der Waals surface area contributed by atoms with Gasteiger partial charge in [0.2, 0.25) is 5.91 Å².